The zero-order valence-corrected chi connectivity index (χ0v) is 25.0. The van der Waals surface area contributed by atoms with Crippen molar-refractivity contribution in [3.05, 3.63) is 141 Å². The Balaban J connectivity index is 1.31. The normalized spacial score (nSPS) is 11.6. The summed E-state index contributed by atoms with van der Waals surface area (Å²) >= 11 is 0. The number of benzene rings is 4. The maximum Gasteiger partial charge on any atom is 0.348 e. The molecule has 2 amide bonds. The summed E-state index contributed by atoms with van der Waals surface area (Å²) in [5, 5.41) is 6.40. The van der Waals surface area contributed by atoms with Gasteiger partial charge in [0.15, 0.2) is 0 Å². The molecule has 4 aromatic carbocycles. The van der Waals surface area contributed by atoms with Crippen LogP contribution >= 0.6 is 0 Å². The summed E-state index contributed by atoms with van der Waals surface area (Å²) in [4.78, 5) is 45.6. The minimum atomic E-state index is -0.717. The smallest absolute Gasteiger partial charge is 0.348 e. The highest BCUT2D eigenvalue weighted by atomic mass is 16.4. The fourth-order valence-electron chi connectivity index (χ4n) is 5.20. The molecule has 0 saturated heterocycles. The lowest BCUT2D eigenvalue weighted by molar-refractivity contribution is -0.131. The van der Waals surface area contributed by atoms with Gasteiger partial charge >= 0.3 is 5.63 Å². The Hall–Kier alpha value is -5.24. The second kappa shape index (κ2) is 14.3. The number of hydrogen-bond acceptors (Lipinski definition) is 6. The van der Waals surface area contributed by atoms with Crippen LogP contribution in [0, 0.1) is 6.92 Å². The Bertz CT molecular complexity index is 1770. The predicted octanol–water partition coefficient (Wildman–Crippen LogP) is 5.43. The maximum absolute atomic E-state index is 13.6. The second-order valence-electron chi connectivity index (χ2n) is 10.9. The molecule has 0 spiro atoms. The fraction of sp³-hybridized carbons (Fsp3) is 0.222. The molecule has 2 N–H and O–H groups in total. The van der Waals surface area contributed by atoms with Crippen molar-refractivity contribution in [3.8, 4) is 0 Å². The van der Waals surface area contributed by atoms with Crippen LogP contribution in [0.5, 0.6) is 0 Å². The molecule has 0 saturated carbocycles. The summed E-state index contributed by atoms with van der Waals surface area (Å²) in [6, 6.07) is 32.1. The van der Waals surface area contributed by atoms with E-state index in [0.717, 1.165) is 22.3 Å². The van der Waals surface area contributed by atoms with Crippen LogP contribution in [0.4, 0.5) is 6.01 Å². The van der Waals surface area contributed by atoms with E-state index >= 15 is 0 Å². The van der Waals surface area contributed by atoms with Crippen molar-refractivity contribution in [1.82, 2.24) is 15.2 Å². The van der Waals surface area contributed by atoms with Crippen LogP contribution in [0.15, 0.2) is 112 Å². The van der Waals surface area contributed by atoms with Gasteiger partial charge in [-0.1, -0.05) is 97.1 Å². The van der Waals surface area contributed by atoms with Crippen LogP contribution in [0.2, 0.25) is 0 Å². The number of nitrogens with one attached hydrogen (secondary N) is 2. The molecule has 5 rings (SSSR count). The molecule has 0 aliphatic heterocycles. The first kappa shape index (κ1) is 30.2. The van der Waals surface area contributed by atoms with Crippen LogP contribution in [0.1, 0.15) is 34.2 Å². The highest BCUT2D eigenvalue weighted by Gasteiger charge is 2.25. The fourth-order valence-corrected chi connectivity index (χ4v) is 5.20. The molecule has 1 atom stereocenters. The Morgan fingerprint density at radius 2 is 1.45 bits per heavy atom. The Morgan fingerprint density at radius 1 is 0.841 bits per heavy atom. The molecule has 224 valence electrons. The van der Waals surface area contributed by atoms with Crippen molar-refractivity contribution in [2.45, 2.75) is 45.3 Å². The quantitative estimate of drug-likeness (QED) is 0.202. The molecule has 0 bridgehead atoms. The van der Waals surface area contributed by atoms with E-state index in [2.05, 4.69) is 15.6 Å². The van der Waals surface area contributed by atoms with E-state index < -0.39 is 11.7 Å². The van der Waals surface area contributed by atoms with Crippen molar-refractivity contribution < 1.29 is 14.0 Å². The van der Waals surface area contributed by atoms with Gasteiger partial charge in [-0.25, -0.2) is 4.79 Å². The lowest BCUT2D eigenvalue weighted by Gasteiger charge is -2.25. The summed E-state index contributed by atoms with van der Waals surface area (Å²) < 4.78 is 5.62. The number of amides is 2. The largest absolute Gasteiger partial charge is 0.389 e. The van der Waals surface area contributed by atoms with Crippen molar-refractivity contribution in [2.24, 2.45) is 0 Å². The predicted molar refractivity (Wildman–Crippen MR) is 172 cm³/mol. The third-order valence-electron chi connectivity index (χ3n) is 7.65. The van der Waals surface area contributed by atoms with Gasteiger partial charge in [0, 0.05) is 33.0 Å². The summed E-state index contributed by atoms with van der Waals surface area (Å²) in [5.74, 6) is -0.221. The molecule has 1 aromatic heterocycles. The molecule has 44 heavy (non-hydrogen) atoms. The molecule has 0 radical (unpaired) electrons. The number of aromatic nitrogens is 1. The average Bonchev–Trinajstić information content (AvgIpc) is 3.04. The van der Waals surface area contributed by atoms with Crippen molar-refractivity contribution in [2.75, 3.05) is 12.4 Å². The van der Waals surface area contributed by atoms with Gasteiger partial charge < -0.3 is 20.0 Å². The van der Waals surface area contributed by atoms with Crippen LogP contribution in [0.25, 0.3) is 10.9 Å². The minimum Gasteiger partial charge on any atom is -0.389 e. The molecule has 8 heteroatoms. The summed E-state index contributed by atoms with van der Waals surface area (Å²) in [6.45, 7) is 2.54. The van der Waals surface area contributed by atoms with E-state index in [4.69, 9.17) is 4.42 Å². The standard InChI is InChI=1S/C36H36N4O4/c1-25-29(23-37-32(41)21-18-26-12-6-3-7-13-26)19-20-30-33(25)35(43)44-36(38-30)39-31(22-27-14-8-4-9-15-27)34(42)40(2)24-28-16-10-5-11-17-28/h3-17,19-20,31H,18,21-24H2,1-2H3,(H,37,41)(H,38,39)/t31-/m0/s1. The Labute approximate surface area is 256 Å². The number of hydrogen-bond donors (Lipinski definition) is 2. The number of carbonyl (C=O) groups excluding carboxylic acids is 2. The molecule has 0 fully saturated rings. The first-order chi connectivity index (χ1) is 21.4. The van der Waals surface area contributed by atoms with Crippen LogP contribution in [-0.4, -0.2) is 34.8 Å². The molecule has 0 aliphatic rings. The minimum absolute atomic E-state index is 0.0220. The van der Waals surface area contributed by atoms with Gasteiger partial charge in [-0.2, -0.15) is 4.98 Å². The summed E-state index contributed by atoms with van der Waals surface area (Å²) in [7, 11) is 1.75. The monoisotopic (exact) mass is 588 g/mol. The van der Waals surface area contributed by atoms with Gasteiger partial charge in [0.1, 0.15) is 6.04 Å². The van der Waals surface area contributed by atoms with E-state index in [-0.39, 0.29) is 24.4 Å². The number of anilines is 1. The molecule has 5 aromatic rings. The van der Waals surface area contributed by atoms with Gasteiger partial charge in [0.05, 0.1) is 10.9 Å². The van der Waals surface area contributed by atoms with Crippen LogP contribution in [-0.2, 0) is 35.5 Å². The Morgan fingerprint density at radius 3 is 2.11 bits per heavy atom. The topological polar surface area (TPSA) is 105 Å². The molecular weight excluding hydrogens is 552 g/mol. The van der Waals surface area contributed by atoms with E-state index in [1.54, 1.807) is 18.0 Å². The summed E-state index contributed by atoms with van der Waals surface area (Å²) in [5.41, 5.74) is 4.46. The third-order valence-corrected chi connectivity index (χ3v) is 7.65. The SMILES string of the molecule is Cc1c(CNC(=O)CCc2ccccc2)ccc2nc(N[C@@H](Cc3ccccc3)C(=O)N(C)Cc3ccccc3)oc(=O)c12. The van der Waals surface area contributed by atoms with Gasteiger partial charge in [0.25, 0.3) is 6.01 Å². The van der Waals surface area contributed by atoms with Gasteiger partial charge in [0.2, 0.25) is 11.8 Å². The lowest BCUT2D eigenvalue weighted by Crippen LogP contribution is -2.42. The number of rotatable bonds is 12. The molecular formula is C36H36N4O4. The van der Waals surface area contributed by atoms with E-state index in [9.17, 15) is 14.4 Å². The first-order valence-corrected chi connectivity index (χ1v) is 14.7. The van der Waals surface area contributed by atoms with E-state index in [0.29, 0.717) is 42.3 Å². The number of aryl methyl sites for hydroxylation is 2. The molecule has 1 heterocycles. The Kier molecular flexibility index (Phi) is 9.81. The van der Waals surface area contributed by atoms with E-state index in [1.807, 2.05) is 104 Å². The number of fused-ring (bicyclic) bond motifs is 1. The van der Waals surface area contributed by atoms with Gasteiger partial charge in [-0.05, 0) is 47.2 Å². The number of nitrogens with zero attached hydrogens (tertiary/aromatic N) is 2. The van der Waals surface area contributed by atoms with Crippen molar-refractivity contribution in [3.63, 3.8) is 0 Å². The summed E-state index contributed by atoms with van der Waals surface area (Å²) in [6.07, 6.45) is 1.41. The van der Waals surface area contributed by atoms with Crippen LogP contribution in [0.3, 0.4) is 0 Å². The molecule has 0 aliphatic carbocycles. The zero-order valence-electron chi connectivity index (χ0n) is 25.0. The van der Waals surface area contributed by atoms with Crippen molar-refractivity contribution >= 4 is 28.7 Å². The van der Waals surface area contributed by atoms with Gasteiger partial charge in [-0.3, -0.25) is 9.59 Å². The second-order valence-corrected chi connectivity index (χ2v) is 10.9. The van der Waals surface area contributed by atoms with Crippen LogP contribution < -0.4 is 16.3 Å². The van der Waals surface area contributed by atoms with Gasteiger partial charge in [-0.15, -0.1) is 0 Å². The highest BCUT2D eigenvalue weighted by Crippen LogP contribution is 2.21. The molecule has 8 nitrogen and oxygen atoms in total. The highest BCUT2D eigenvalue weighted by molar-refractivity contribution is 5.86. The zero-order chi connectivity index (χ0) is 30.9. The molecule has 0 unspecified atom stereocenters. The number of carbonyl (C=O) groups is 2. The first-order valence-electron chi connectivity index (χ1n) is 14.7. The number of likely N-dealkylation sites (N-methyl/N-ethyl adjacent to an activating group) is 1. The van der Waals surface area contributed by atoms with Crippen molar-refractivity contribution in [1.29, 1.82) is 0 Å². The average molecular weight is 589 g/mol. The van der Waals surface area contributed by atoms with E-state index in [1.165, 1.54) is 0 Å². The maximum atomic E-state index is 13.6. The lowest BCUT2D eigenvalue weighted by atomic mass is 10.0. The third kappa shape index (κ3) is 7.77.